The van der Waals surface area contributed by atoms with Crippen molar-refractivity contribution in [2.75, 3.05) is 7.11 Å². The van der Waals surface area contributed by atoms with Crippen LogP contribution in [0.15, 0.2) is 30.3 Å². The number of hydrogen-bond acceptors (Lipinski definition) is 7. The molecule has 0 heterocycles. The van der Waals surface area contributed by atoms with Gasteiger partial charge in [0, 0.05) is 0 Å². The Morgan fingerprint density at radius 3 is 2.30 bits per heavy atom. The molecule has 3 atom stereocenters. The summed E-state index contributed by atoms with van der Waals surface area (Å²) in [5, 5.41) is 14.0. The van der Waals surface area contributed by atoms with Gasteiger partial charge < -0.3 is 30.9 Å². The van der Waals surface area contributed by atoms with Gasteiger partial charge in [-0.3, -0.25) is 9.59 Å². The maximum Gasteiger partial charge on any atom is 0.408 e. The van der Waals surface area contributed by atoms with Gasteiger partial charge in [-0.2, -0.15) is 0 Å². The lowest BCUT2D eigenvalue weighted by Gasteiger charge is -2.22. The Morgan fingerprint density at radius 1 is 1.15 bits per heavy atom. The van der Waals surface area contributed by atoms with Crippen molar-refractivity contribution < 1.29 is 33.8 Å². The molecule has 3 amide bonds. The molecule has 0 saturated heterocycles. The monoisotopic (exact) mass is 381 g/mol. The van der Waals surface area contributed by atoms with Gasteiger partial charge in [-0.15, -0.1) is 0 Å². The lowest BCUT2D eigenvalue weighted by molar-refractivity contribution is -0.148. The summed E-state index contributed by atoms with van der Waals surface area (Å²) >= 11 is 0. The average molecular weight is 381 g/mol. The minimum atomic E-state index is -1.39. The van der Waals surface area contributed by atoms with E-state index in [1.807, 2.05) is 0 Å². The Balaban J connectivity index is 2.72. The first-order valence-corrected chi connectivity index (χ1v) is 8.06. The summed E-state index contributed by atoms with van der Waals surface area (Å²) in [6.07, 6.45) is -2.74. The molecular weight excluding hydrogens is 358 g/mol. The van der Waals surface area contributed by atoms with Crippen LogP contribution in [0.25, 0.3) is 0 Å². The maximum atomic E-state index is 12.3. The summed E-state index contributed by atoms with van der Waals surface area (Å²) in [7, 11) is 1.09. The third kappa shape index (κ3) is 7.74. The molecule has 1 aromatic carbocycles. The number of carbonyl (C=O) groups excluding carboxylic acids is 4. The van der Waals surface area contributed by atoms with Gasteiger partial charge in [-0.05, 0) is 12.5 Å². The van der Waals surface area contributed by atoms with Crippen LogP contribution in [0.2, 0.25) is 0 Å². The second-order valence-corrected chi connectivity index (χ2v) is 5.68. The molecule has 0 fully saturated rings. The topological polar surface area (TPSA) is 157 Å². The van der Waals surface area contributed by atoms with Crippen molar-refractivity contribution in [2.24, 2.45) is 5.73 Å². The predicted octanol–water partition coefficient (Wildman–Crippen LogP) is -0.805. The molecule has 0 unspecified atom stereocenters. The normalized spacial score (nSPS) is 13.6. The van der Waals surface area contributed by atoms with Gasteiger partial charge in [0.15, 0.2) is 6.04 Å². The highest BCUT2D eigenvalue weighted by atomic mass is 16.5. The van der Waals surface area contributed by atoms with Gasteiger partial charge in [-0.25, -0.2) is 9.59 Å². The molecule has 0 aromatic heterocycles. The van der Waals surface area contributed by atoms with E-state index in [9.17, 15) is 24.3 Å². The Kier molecular flexibility index (Phi) is 8.73. The van der Waals surface area contributed by atoms with Gasteiger partial charge in [0.2, 0.25) is 11.8 Å². The van der Waals surface area contributed by atoms with Crippen LogP contribution < -0.4 is 16.4 Å². The number of esters is 1. The van der Waals surface area contributed by atoms with Crippen LogP contribution in [0.4, 0.5) is 4.79 Å². The fraction of sp³-hybridized carbons (Fsp3) is 0.412. The van der Waals surface area contributed by atoms with Gasteiger partial charge in [-0.1, -0.05) is 30.3 Å². The van der Waals surface area contributed by atoms with Gasteiger partial charge >= 0.3 is 12.1 Å². The predicted molar refractivity (Wildman–Crippen MR) is 93.0 cm³/mol. The van der Waals surface area contributed by atoms with Crippen molar-refractivity contribution in [3.63, 3.8) is 0 Å². The number of nitrogens with two attached hydrogens (primary N) is 1. The number of aliphatic hydroxyl groups excluding tert-OH is 1. The fourth-order valence-corrected chi connectivity index (χ4v) is 2.07. The minimum absolute atomic E-state index is 0.0456. The minimum Gasteiger partial charge on any atom is -0.467 e. The van der Waals surface area contributed by atoms with E-state index in [4.69, 9.17) is 10.5 Å². The van der Waals surface area contributed by atoms with Crippen LogP contribution in [0, 0.1) is 0 Å². The first kappa shape index (κ1) is 21.9. The molecule has 1 rings (SSSR count). The maximum absolute atomic E-state index is 12.3. The zero-order valence-corrected chi connectivity index (χ0v) is 15.0. The van der Waals surface area contributed by atoms with Crippen LogP contribution in [0.5, 0.6) is 0 Å². The largest absolute Gasteiger partial charge is 0.467 e. The van der Waals surface area contributed by atoms with E-state index < -0.39 is 48.5 Å². The molecule has 0 saturated carbocycles. The van der Waals surface area contributed by atoms with Gasteiger partial charge in [0.05, 0.1) is 19.6 Å². The van der Waals surface area contributed by atoms with Crippen LogP contribution in [0.1, 0.15) is 18.9 Å². The number of ether oxygens (including phenoxy) is 2. The molecule has 0 bridgehead atoms. The zero-order chi connectivity index (χ0) is 20.4. The number of methoxy groups -OCH3 is 1. The highest BCUT2D eigenvalue weighted by molar-refractivity contribution is 5.93. The number of nitrogens with one attached hydrogen (secondary N) is 2. The molecule has 1 aromatic rings. The summed E-state index contributed by atoms with van der Waals surface area (Å²) in [6.45, 7) is 1.22. The molecule has 0 spiro atoms. The molecule has 10 heteroatoms. The quantitative estimate of drug-likeness (QED) is 0.408. The third-order valence-electron chi connectivity index (χ3n) is 3.46. The molecule has 148 valence electrons. The number of benzene rings is 1. The van der Waals surface area contributed by atoms with Crippen molar-refractivity contribution in [1.82, 2.24) is 10.6 Å². The number of rotatable bonds is 9. The zero-order valence-electron chi connectivity index (χ0n) is 15.0. The van der Waals surface area contributed by atoms with E-state index in [0.717, 1.165) is 12.7 Å². The summed E-state index contributed by atoms with van der Waals surface area (Å²) < 4.78 is 9.47. The number of aliphatic hydroxyl groups is 1. The lowest BCUT2D eigenvalue weighted by atomic mass is 10.1. The van der Waals surface area contributed by atoms with Crippen LogP contribution >= 0.6 is 0 Å². The van der Waals surface area contributed by atoms with Crippen LogP contribution in [0.3, 0.4) is 0 Å². The Labute approximate surface area is 156 Å². The standard InChI is InChI=1S/C17H23N3O7/c1-10(21)14(16(24)26-2)20-15(23)12(8-13(18)22)19-17(25)27-9-11-6-4-3-5-7-11/h3-7,10,12,14,21H,8-9H2,1-2H3,(H2,18,22)(H,19,25)(H,20,23)/t10-,12-,14-/m1/s1. The second-order valence-electron chi connectivity index (χ2n) is 5.68. The molecule has 27 heavy (non-hydrogen) atoms. The summed E-state index contributed by atoms with van der Waals surface area (Å²) in [5.74, 6) is -2.64. The van der Waals surface area contributed by atoms with Gasteiger partial charge in [0.1, 0.15) is 12.6 Å². The van der Waals surface area contributed by atoms with E-state index >= 15 is 0 Å². The van der Waals surface area contributed by atoms with E-state index in [1.54, 1.807) is 30.3 Å². The van der Waals surface area contributed by atoms with E-state index in [1.165, 1.54) is 6.92 Å². The SMILES string of the molecule is COC(=O)[C@H](NC(=O)[C@@H](CC(N)=O)NC(=O)OCc1ccccc1)[C@@H](C)O. The van der Waals surface area contributed by atoms with Crippen molar-refractivity contribution in [2.45, 2.75) is 38.1 Å². The van der Waals surface area contributed by atoms with E-state index in [-0.39, 0.29) is 6.61 Å². The lowest BCUT2D eigenvalue weighted by Crippen LogP contribution is -2.55. The molecule has 5 N–H and O–H groups in total. The number of carbonyl (C=O) groups is 4. The van der Waals surface area contributed by atoms with Crippen molar-refractivity contribution >= 4 is 23.9 Å². The fourth-order valence-electron chi connectivity index (χ4n) is 2.07. The number of alkyl carbamates (subject to hydrolysis) is 1. The number of primary amides is 1. The smallest absolute Gasteiger partial charge is 0.408 e. The van der Waals surface area contributed by atoms with Crippen molar-refractivity contribution in [3.05, 3.63) is 35.9 Å². The summed E-state index contributed by atoms with van der Waals surface area (Å²) in [5.41, 5.74) is 5.82. The average Bonchev–Trinajstić information content (AvgIpc) is 2.63. The van der Waals surface area contributed by atoms with Crippen molar-refractivity contribution in [1.29, 1.82) is 0 Å². The summed E-state index contributed by atoms with van der Waals surface area (Å²) in [4.78, 5) is 47.0. The van der Waals surface area contributed by atoms with Crippen LogP contribution in [-0.2, 0) is 30.5 Å². The molecular formula is C17H23N3O7. The van der Waals surface area contributed by atoms with Gasteiger partial charge in [0.25, 0.3) is 0 Å². The van der Waals surface area contributed by atoms with E-state index in [2.05, 4.69) is 15.4 Å². The molecule has 10 nitrogen and oxygen atoms in total. The summed E-state index contributed by atoms with van der Waals surface area (Å²) in [6, 6.07) is 6.05. The Hall–Kier alpha value is -3.14. The third-order valence-corrected chi connectivity index (χ3v) is 3.46. The number of hydrogen-bond donors (Lipinski definition) is 4. The number of amides is 3. The Morgan fingerprint density at radius 2 is 1.78 bits per heavy atom. The molecule has 0 aliphatic rings. The van der Waals surface area contributed by atoms with E-state index in [0.29, 0.717) is 0 Å². The molecule has 0 radical (unpaired) electrons. The first-order valence-electron chi connectivity index (χ1n) is 8.06. The highest BCUT2D eigenvalue weighted by Gasteiger charge is 2.31. The van der Waals surface area contributed by atoms with Crippen molar-refractivity contribution in [3.8, 4) is 0 Å². The molecule has 0 aliphatic carbocycles. The van der Waals surface area contributed by atoms with Crippen LogP contribution in [-0.4, -0.2) is 54.3 Å². The first-order chi connectivity index (χ1) is 12.7. The highest BCUT2D eigenvalue weighted by Crippen LogP contribution is 2.03. The Bertz CT molecular complexity index is 664. The second kappa shape index (κ2) is 10.8. The molecule has 0 aliphatic heterocycles.